The molecule has 0 atom stereocenters. The van der Waals surface area contributed by atoms with Crippen LogP contribution in [0.15, 0.2) is 74.5 Å². The quantitative estimate of drug-likeness (QED) is 0.255. The first-order chi connectivity index (χ1) is 16.9. The van der Waals surface area contributed by atoms with Gasteiger partial charge in [0.1, 0.15) is 0 Å². The van der Waals surface area contributed by atoms with Gasteiger partial charge in [-0.1, -0.05) is 56.8 Å². The van der Waals surface area contributed by atoms with Crippen molar-refractivity contribution in [3.63, 3.8) is 0 Å². The molecule has 0 bridgehead atoms. The molecule has 0 aliphatic rings. The lowest BCUT2D eigenvalue weighted by molar-refractivity contribution is -0.113. The van der Waals surface area contributed by atoms with E-state index in [-0.39, 0.29) is 33.4 Å². The van der Waals surface area contributed by atoms with Crippen molar-refractivity contribution in [3.05, 3.63) is 76.2 Å². The van der Waals surface area contributed by atoms with Crippen LogP contribution >= 0.6 is 11.8 Å². The summed E-state index contributed by atoms with van der Waals surface area (Å²) in [5.74, 6) is -1.15. The number of hydrogen-bond donors (Lipinski definition) is 2. The predicted molar refractivity (Wildman–Crippen MR) is 137 cm³/mol. The average Bonchev–Trinajstić information content (AvgIpc) is 2.82. The van der Waals surface area contributed by atoms with E-state index in [4.69, 9.17) is 4.74 Å². The van der Waals surface area contributed by atoms with Crippen LogP contribution in [-0.2, 0) is 24.8 Å². The maximum atomic E-state index is 13.0. The summed E-state index contributed by atoms with van der Waals surface area (Å²) in [5, 5.41) is 2.71. The molecule has 0 unspecified atom stereocenters. The molecule has 2 N–H and O–H groups in total. The second-order valence-corrected chi connectivity index (χ2v) is 11.6. The predicted octanol–water partition coefficient (Wildman–Crippen LogP) is 3.81. The van der Waals surface area contributed by atoms with Gasteiger partial charge in [0.2, 0.25) is 15.7 Å². The largest absolute Gasteiger partial charge is 0.462 e. The minimum Gasteiger partial charge on any atom is -0.462 e. The lowest BCUT2D eigenvalue weighted by Gasteiger charge is -2.19. The first-order valence-corrected chi connectivity index (χ1v) is 13.5. The molecule has 2 aromatic carbocycles. The molecule has 190 valence electrons. The zero-order valence-electron chi connectivity index (χ0n) is 20.3. The van der Waals surface area contributed by atoms with Crippen LogP contribution < -0.4 is 10.9 Å². The molecule has 0 saturated carbocycles. The molecule has 1 heterocycles. The van der Waals surface area contributed by atoms with E-state index in [9.17, 15) is 22.8 Å². The highest BCUT2D eigenvalue weighted by Crippen LogP contribution is 2.25. The average molecular weight is 530 g/mol. The van der Waals surface area contributed by atoms with Gasteiger partial charge >= 0.3 is 5.97 Å². The fourth-order valence-corrected chi connectivity index (χ4v) is 5.06. The molecule has 0 saturated heterocycles. The zero-order valence-corrected chi connectivity index (χ0v) is 22.0. The molecule has 3 rings (SSSR count). The van der Waals surface area contributed by atoms with Gasteiger partial charge in [-0.05, 0) is 42.2 Å². The van der Waals surface area contributed by atoms with Crippen LogP contribution in [0.2, 0.25) is 0 Å². The molecule has 1 amide bonds. The number of carbonyl (C=O) groups excluding carboxylic acids is 2. The third-order valence-corrected chi connectivity index (χ3v) is 7.75. The van der Waals surface area contributed by atoms with E-state index in [0.29, 0.717) is 5.69 Å². The van der Waals surface area contributed by atoms with Crippen molar-refractivity contribution in [2.24, 2.45) is 0 Å². The van der Waals surface area contributed by atoms with Crippen molar-refractivity contribution >= 4 is 39.2 Å². The van der Waals surface area contributed by atoms with Crippen molar-refractivity contribution in [2.75, 3.05) is 17.7 Å². The molecule has 1 aromatic heterocycles. The topological polar surface area (TPSA) is 135 Å². The number of aromatic nitrogens is 2. The van der Waals surface area contributed by atoms with Gasteiger partial charge in [-0.2, -0.15) is 0 Å². The highest BCUT2D eigenvalue weighted by molar-refractivity contribution is 7.99. The first kappa shape index (κ1) is 27.2. The Kier molecular flexibility index (Phi) is 8.36. The number of nitrogens with zero attached hydrogens (tertiary/aromatic N) is 1. The number of sulfone groups is 1. The third-order valence-electron chi connectivity index (χ3n) is 5.10. The number of aromatic amines is 1. The third kappa shape index (κ3) is 6.41. The van der Waals surface area contributed by atoms with E-state index in [0.717, 1.165) is 23.5 Å². The number of anilines is 1. The highest BCUT2D eigenvalue weighted by atomic mass is 32.2. The number of esters is 1. The summed E-state index contributed by atoms with van der Waals surface area (Å²) in [4.78, 5) is 43.0. The number of thioether (sulfide) groups is 1. The van der Waals surface area contributed by atoms with Crippen LogP contribution in [0.5, 0.6) is 0 Å². The molecule has 11 heteroatoms. The Labute approximate surface area is 213 Å². The number of hydrogen-bond acceptors (Lipinski definition) is 8. The van der Waals surface area contributed by atoms with Gasteiger partial charge in [0.25, 0.3) is 5.56 Å². The van der Waals surface area contributed by atoms with E-state index in [1.54, 1.807) is 37.3 Å². The second kappa shape index (κ2) is 11.1. The Balaban J connectivity index is 1.70. The number of amides is 1. The van der Waals surface area contributed by atoms with E-state index >= 15 is 0 Å². The Morgan fingerprint density at radius 3 is 2.36 bits per heavy atom. The van der Waals surface area contributed by atoms with Crippen molar-refractivity contribution < 1.29 is 22.7 Å². The summed E-state index contributed by atoms with van der Waals surface area (Å²) in [6.45, 7) is 7.93. The minimum atomic E-state index is -4.08. The summed E-state index contributed by atoms with van der Waals surface area (Å²) in [5.41, 5.74) is 0.494. The molecule has 0 spiro atoms. The molecule has 3 aromatic rings. The monoisotopic (exact) mass is 529 g/mol. The van der Waals surface area contributed by atoms with E-state index in [1.165, 1.54) is 18.2 Å². The fourth-order valence-electron chi connectivity index (χ4n) is 3.19. The number of rotatable bonds is 8. The molecule has 9 nitrogen and oxygen atoms in total. The number of ether oxygens (including phenoxy) is 1. The smallest absolute Gasteiger partial charge is 0.340 e. The Bertz CT molecular complexity index is 1430. The Morgan fingerprint density at radius 1 is 1.08 bits per heavy atom. The van der Waals surface area contributed by atoms with E-state index < -0.39 is 32.2 Å². The SMILES string of the molecule is CCOC(=O)c1ccccc1NC(=O)CSc1ncc(S(=O)(=O)c2ccc(C(C)(C)C)cc2)c(=O)[nH]1. The second-order valence-electron chi connectivity index (χ2n) is 8.76. The molecular formula is C25H27N3O6S2. The molecule has 0 aliphatic carbocycles. The van der Waals surface area contributed by atoms with Gasteiger partial charge in [-0.3, -0.25) is 9.59 Å². The van der Waals surface area contributed by atoms with Gasteiger partial charge in [-0.15, -0.1) is 0 Å². The molecule has 0 fully saturated rings. The Morgan fingerprint density at radius 2 is 1.75 bits per heavy atom. The molecule has 0 radical (unpaired) electrons. The van der Waals surface area contributed by atoms with Crippen molar-refractivity contribution in [1.82, 2.24) is 9.97 Å². The molecule has 0 aliphatic heterocycles. The lowest BCUT2D eigenvalue weighted by Crippen LogP contribution is -2.20. The van der Waals surface area contributed by atoms with Crippen molar-refractivity contribution in [1.29, 1.82) is 0 Å². The van der Waals surface area contributed by atoms with Gasteiger partial charge < -0.3 is 15.0 Å². The first-order valence-electron chi connectivity index (χ1n) is 11.1. The zero-order chi connectivity index (χ0) is 26.5. The normalized spacial score (nSPS) is 11.7. The number of benzene rings is 2. The highest BCUT2D eigenvalue weighted by Gasteiger charge is 2.24. The summed E-state index contributed by atoms with van der Waals surface area (Å²) >= 11 is 0.917. The summed E-state index contributed by atoms with van der Waals surface area (Å²) < 4.78 is 30.9. The van der Waals surface area contributed by atoms with Crippen LogP contribution in [0.3, 0.4) is 0 Å². The van der Waals surface area contributed by atoms with Crippen molar-refractivity contribution in [3.8, 4) is 0 Å². The van der Waals surface area contributed by atoms with Gasteiger partial charge in [0, 0.05) is 0 Å². The van der Waals surface area contributed by atoms with Crippen LogP contribution in [0.4, 0.5) is 5.69 Å². The van der Waals surface area contributed by atoms with E-state index in [1.807, 2.05) is 20.8 Å². The molecule has 36 heavy (non-hydrogen) atoms. The maximum Gasteiger partial charge on any atom is 0.340 e. The van der Waals surface area contributed by atoms with Crippen molar-refractivity contribution in [2.45, 2.75) is 48.1 Å². The fraction of sp³-hybridized carbons (Fsp3) is 0.280. The van der Waals surface area contributed by atoms with Gasteiger partial charge in [0.15, 0.2) is 10.1 Å². The minimum absolute atomic E-state index is 0.0113. The van der Waals surface area contributed by atoms with E-state index in [2.05, 4.69) is 15.3 Å². The molecular weight excluding hydrogens is 502 g/mol. The number of carbonyl (C=O) groups is 2. The van der Waals surface area contributed by atoms with Crippen LogP contribution in [0, 0.1) is 0 Å². The van der Waals surface area contributed by atoms with Crippen LogP contribution in [0.1, 0.15) is 43.6 Å². The number of H-pyrrole nitrogens is 1. The number of nitrogens with one attached hydrogen (secondary N) is 2. The van der Waals surface area contributed by atoms with Gasteiger partial charge in [-0.25, -0.2) is 18.2 Å². The summed E-state index contributed by atoms with van der Waals surface area (Å²) in [6, 6.07) is 12.8. The number of para-hydroxylation sites is 1. The van der Waals surface area contributed by atoms with Crippen LogP contribution in [-0.4, -0.2) is 42.6 Å². The Hall–Kier alpha value is -3.44. The van der Waals surface area contributed by atoms with Crippen LogP contribution in [0.25, 0.3) is 0 Å². The van der Waals surface area contributed by atoms with Gasteiger partial charge in [0.05, 0.1) is 34.7 Å². The lowest BCUT2D eigenvalue weighted by atomic mass is 9.87. The summed E-state index contributed by atoms with van der Waals surface area (Å²) in [6.07, 6.45) is 0.988. The standard InChI is InChI=1S/C25H27N3O6S2/c1-5-34-23(31)18-8-6-7-9-19(18)27-21(29)15-35-24-26-14-20(22(30)28-24)36(32,33)17-12-10-16(11-13-17)25(2,3)4/h6-14H,5,15H2,1-4H3,(H,27,29)(H,26,28,30). The maximum absolute atomic E-state index is 13.0. The summed E-state index contributed by atoms with van der Waals surface area (Å²) in [7, 11) is -4.08.